The van der Waals surface area contributed by atoms with Gasteiger partial charge in [0.1, 0.15) is 6.04 Å². The van der Waals surface area contributed by atoms with Crippen molar-refractivity contribution in [2.45, 2.75) is 57.9 Å². The average molecular weight is 271 g/mol. The predicted molar refractivity (Wildman–Crippen MR) is 71.9 cm³/mol. The molecule has 110 valence electrons. The number of aliphatic carboxylic acids is 1. The molecule has 0 saturated carbocycles. The van der Waals surface area contributed by atoms with Crippen LogP contribution in [0.2, 0.25) is 0 Å². The van der Waals surface area contributed by atoms with E-state index in [1.807, 2.05) is 0 Å². The Bertz CT molecular complexity index is 293. The van der Waals surface area contributed by atoms with Gasteiger partial charge < -0.3 is 15.2 Å². The Morgan fingerprint density at radius 1 is 1.21 bits per heavy atom. The Morgan fingerprint density at radius 2 is 1.89 bits per heavy atom. The topological polar surface area (TPSA) is 75.6 Å². The van der Waals surface area contributed by atoms with Crippen molar-refractivity contribution in [2.75, 3.05) is 13.2 Å². The lowest BCUT2D eigenvalue weighted by Gasteiger charge is -2.14. The molecule has 1 rings (SSSR count). The Balaban J connectivity index is 2.12. The predicted octanol–water partition coefficient (Wildman–Crippen LogP) is 1.95. The van der Waals surface area contributed by atoms with E-state index < -0.39 is 23.9 Å². The Hall–Kier alpha value is -1.10. The zero-order chi connectivity index (χ0) is 14.1. The van der Waals surface area contributed by atoms with Crippen LogP contribution in [-0.4, -0.2) is 36.2 Å². The number of nitrogens with one attached hydrogen (secondary N) is 1. The second-order valence-corrected chi connectivity index (χ2v) is 5.10. The number of hydrogen-bond acceptors (Lipinski definition) is 4. The molecule has 0 radical (unpaired) electrons. The molecule has 0 bridgehead atoms. The van der Waals surface area contributed by atoms with Crippen LogP contribution >= 0.6 is 0 Å². The second kappa shape index (κ2) is 8.91. The summed E-state index contributed by atoms with van der Waals surface area (Å²) in [5, 5.41) is 11.9. The lowest BCUT2D eigenvalue weighted by Crippen LogP contribution is -2.40. The highest BCUT2D eigenvalue weighted by atomic mass is 16.5. The van der Waals surface area contributed by atoms with Crippen LogP contribution < -0.4 is 5.32 Å². The van der Waals surface area contributed by atoms with Crippen molar-refractivity contribution in [1.29, 1.82) is 0 Å². The van der Waals surface area contributed by atoms with Gasteiger partial charge in [0.05, 0.1) is 12.5 Å². The smallest absolute Gasteiger partial charge is 0.324 e. The molecule has 1 saturated heterocycles. The van der Waals surface area contributed by atoms with Gasteiger partial charge in [0.15, 0.2) is 0 Å². The van der Waals surface area contributed by atoms with Crippen molar-refractivity contribution in [3.05, 3.63) is 0 Å². The van der Waals surface area contributed by atoms with Crippen molar-refractivity contribution in [1.82, 2.24) is 5.32 Å². The lowest BCUT2D eigenvalue weighted by molar-refractivity contribution is -0.153. The van der Waals surface area contributed by atoms with Crippen molar-refractivity contribution >= 4 is 11.9 Å². The number of ether oxygens (including phenoxy) is 1. The van der Waals surface area contributed by atoms with E-state index >= 15 is 0 Å². The molecule has 1 heterocycles. The fourth-order valence-corrected chi connectivity index (χ4v) is 2.36. The third kappa shape index (κ3) is 5.59. The van der Waals surface area contributed by atoms with E-state index in [1.165, 1.54) is 25.7 Å². The average Bonchev–Trinajstić information content (AvgIpc) is 2.87. The normalized spacial score (nSPS) is 22.4. The summed E-state index contributed by atoms with van der Waals surface area (Å²) >= 11 is 0. The van der Waals surface area contributed by atoms with Gasteiger partial charge in [-0.05, 0) is 19.4 Å². The van der Waals surface area contributed by atoms with Gasteiger partial charge in [-0.2, -0.15) is 0 Å². The minimum absolute atomic E-state index is 0.398. The molecule has 0 amide bonds. The Morgan fingerprint density at radius 3 is 2.58 bits per heavy atom. The van der Waals surface area contributed by atoms with Crippen LogP contribution in [0.3, 0.4) is 0 Å². The summed E-state index contributed by atoms with van der Waals surface area (Å²) < 4.78 is 5.15. The summed E-state index contributed by atoms with van der Waals surface area (Å²) in [7, 11) is 0. The Kier molecular flexibility index (Phi) is 7.48. The number of rotatable bonds is 9. The first-order chi connectivity index (χ1) is 9.16. The van der Waals surface area contributed by atoms with Crippen LogP contribution in [0.15, 0.2) is 0 Å². The molecular weight excluding hydrogens is 246 g/mol. The molecule has 2 N–H and O–H groups in total. The molecule has 2 unspecified atom stereocenters. The first-order valence-electron chi connectivity index (χ1n) is 7.29. The molecular formula is C14H25NO4. The maximum absolute atomic E-state index is 11.7. The molecule has 5 nitrogen and oxygen atoms in total. The SMILES string of the molecule is CCCCCCCCOC(=O)C1NCCC1C(=O)O. The van der Waals surface area contributed by atoms with Gasteiger partial charge in [0.25, 0.3) is 0 Å². The third-order valence-electron chi connectivity index (χ3n) is 3.54. The van der Waals surface area contributed by atoms with Gasteiger partial charge >= 0.3 is 11.9 Å². The minimum Gasteiger partial charge on any atom is -0.481 e. The summed E-state index contributed by atoms with van der Waals surface area (Å²) in [5.41, 5.74) is 0. The summed E-state index contributed by atoms with van der Waals surface area (Å²) in [6, 6.07) is -0.669. The molecule has 0 aromatic rings. The highest BCUT2D eigenvalue weighted by Crippen LogP contribution is 2.17. The zero-order valence-corrected chi connectivity index (χ0v) is 11.7. The fraction of sp³-hybridized carbons (Fsp3) is 0.857. The maximum atomic E-state index is 11.7. The second-order valence-electron chi connectivity index (χ2n) is 5.10. The number of carboxylic acids is 1. The standard InChI is InChI=1S/C14H25NO4/c1-2-3-4-5-6-7-10-19-14(18)12-11(13(16)17)8-9-15-12/h11-12,15H,2-10H2,1H3,(H,16,17). The van der Waals surface area contributed by atoms with Crippen molar-refractivity contribution in [3.8, 4) is 0 Å². The van der Waals surface area contributed by atoms with E-state index in [0.717, 1.165) is 12.8 Å². The van der Waals surface area contributed by atoms with Gasteiger partial charge in [0, 0.05) is 0 Å². The summed E-state index contributed by atoms with van der Waals surface area (Å²) in [6.07, 6.45) is 7.30. The van der Waals surface area contributed by atoms with E-state index in [0.29, 0.717) is 19.6 Å². The van der Waals surface area contributed by atoms with E-state index in [1.54, 1.807) is 0 Å². The zero-order valence-electron chi connectivity index (χ0n) is 11.7. The monoisotopic (exact) mass is 271 g/mol. The third-order valence-corrected chi connectivity index (χ3v) is 3.54. The molecule has 0 aromatic heterocycles. The summed E-state index contributed by atoms with van der Waals surface area (Å²) in [6.45, 7) is 3.14. The number of carboxylic acid groups (broad SMARTS) is 1. The number of hydrogen-bond donors (Lipinski definition) is 2. The summed E-state index contributed by atoms with van der Waals surface area (Å²) in [5.74, 6) is -1.98. The largest absolute Gasteiger partial charge is 0.481 e. The van der Waals surface area contributed by atoms with Crippen LogP contribution in [0.5, 0.6) is 0 Å². The van der Waals surface area contributed by atoms with Gasteiger partial charge in [-0.1, -0.05) is 39.0 Å². The molecule has 5 heteroatoms. The first kappa shape index (κ1) is 16.0. The number of carbonyl (C=O) groups is 2. The highest BCUT2D eigenvalue weighted by Gasteiger charge is 2.38. The van der Waals surface area contributed by atoms with Crippen LogP contribution in [0.25, 0.3) is 0 Å². The van der Waals surface area contributed by atoms with Crippen LogP contribution in [0.4, 0.5) is 0 Å². The quantitative estimate of drug-likeness (QED) is 0.495. The van der Waals surface area contributed by atoms with E-state index in [4.69, 9.17) is 9.84 Å². The maximum Gasteiger partial charge on any atom is 0.324 e. The van der Waals surface area contributed by atoms with Gasteiger partial charge in [-0.15, -0.1) is 0 Å². The van der Waals surface area contributed by atoms with E-state index in [9.17, 15) is 9.59 Å². The number of carbonyl (C=O) groups excluding carboxylic acids is 1. The fourth-order valence-electron chi connectivity index (χ4n) is 2.36. The van der Waals surface area contributed by atoms with Crippen LogP contribution in [-0.2, 0) is 14.3 Å². The van der Waals surface area contributed by atoms with Crippen LogP contribution in [0.1, 0.15) is 51.9 Å². The molecule has 0 aliphatic carbocycles. The lowest BCUT2D eigenvalue weighted by atomic mass is 10.0. The van der Waals surface area contributed by atoms with Crippen molar-refractivity contribution < 1.29 is 19.4 Å². The van der Waals surface area contributed by atoms with Crippen LogP contribution in [0, 0.1) is 5.92 Å². The number of unbranched alkanes of at least 4 members (excludes halogenated alkanes) is 5. The molecule has 2 atom stereocenters. The van der Waals surface area contributed by atoms with Crippen molar-refractivity contribution in [2.24, 2.45) is 5.92 Å². The highest BCUT2D eigenvalue weighted by molar-refractivity contribution is 5.84. The van der Waals surface area contributed by atoms with Gasteiger partial charge in [0.2, 0.25) is 0 Å². The van der Waals surface area contributed by atoms with E-state index in [-0.39, 0.29) is 0 Å². The molecule has 1 aliphatic heterocycles. The number of esters is 1. The molecule has 1 fully saturated rings. The minimum atomic E-state index is -0.925. The first-order valence-corrected chi connectivity index (χ1v) is 7.29. The summed E-state index contributed by atoms with van der Waals surface area (Å²) in [4.78, 5) is 22.7. The van der Waals surface area contributed by atoms with Gasteiger partial charge in [-0.25, -0.2) is 0 Å². The Labute approximate surface area is 114 Å². The molecule has 1 aliphatic rings. The molecule has 19 heavy (non-hydrogen) atoms. The van der Waals surface area contributed by atoms with E-state index in [2.05, 4.69) is 12.2 Å². The molecule has 0 spiro atoms. The van der Waals surface area contributed by atoms with Crippen molar-refractivity contribution in [3.63, 3.8) is 0 Å². The molecule has 0 aromatic carbocycles. The van der Waals surface area contributed by atoms with Gasteiger partial charge in [-0.3, -0.25) is 9.59 Å².